The summed E-state index contributed by atoms with van der Waals surface area (Å²) in [6.45, 7) is 4.62. The van der Waals surface area contributed by atoms with Crippen LogP contribution in [0.1, 0.15) is 20.3 Å². The van der Waals surface area contributed by atoms with Crippen LogP contribution in [0.4, 0.5) is 0 Å². The van der Waals surface area contributed by atoms with E-state index in [-0.39, 0.29) is 5.91 Å². The van der Waals surface area contributed by atoms with Crippen molar-refractivity contribution in [2.75, 3.05) is 13.1 Å². The number of carbonyl (C=O) groups excluding carboxylic acids is 1. The number of carboxylic acid groups (broad SMARTS) is 1. The van der Waals surface area contributed by atoms with Gasteiger partial charge in [-0.15, -0.1) is 0 Å². The van der Waals surface area contributed by atoms with Crippen LogP contribution in [0.25, 0.3) is 0 Å². The highest BCUT2D eigenvalue weighted by Crippen LogP contribution is 2.17. The maximum Gasteiger partial charge on any atom is 0.310 e. The van der Waals surface area contributed by atoms with E-state index in [1.165, 1.54) is 4.90 Å². The fourth-order valence-electron chi connectivity index (χ4n) is 1.66. The van der Waals surface area contributed by atoms with Crippen molar-refractivity contribution < 1.29 is 14.7 Å². The highest BCUT2D eigenvalue weighted by molar-refractivity contribution is 5.84. The number of carbonyl (C=O) groups is 2. The first-order chi connectivity index (χ1) is 6.91. The number of aliphatic carboxylic acids is 1. The smallest absolute Gasteiger partial charge is 0.310 e. The summed E-state index contributed by atoms with van der Waals surface area (Å²) in [7, 11) is 0. The average molecular weight is 214 g/mol. The highest BCUT2D eigenvalue weighted by Gasteiger charge is 2.37. The molecule has 0 aromatic carbocycles. The largest absolute Gasteiger partial charge is 0.481 e. The van der Waals surface area contributed by atoms with Gasteiger partial charge in [-0.1, -0.05) is 13.8 Å². The summed E-state index contributed by atoms with van der Waals surface area (Å²) in [5, 5.41) is 8.65. The van der Waals surface area contributed by atoms with E-state index in [0.717, 1.165) is 0 Å². The van der Waals surface area contributed by atoms with Gasteiger partial charge in [0.1, 0.15) is 0 Å². The lowest BCUT2D eigenvalue weighted by atomic mass is 9.97. The van der Waals surface area contributed by atoms with E-state index in [1.54, 1.807) is 0 Å². The first-order valence-electron chi connectivity index (χ1n) is 5.19. The summed E-state index contributed by atoms with van der Waals surface area (Å²) < 4.78 is 0. The molecule has 15 heavy (non-hydrogen) atoms. The zero-order chi connectivity index (χ0) is 11.6. The molecule has 0 spiro atoms. The second-order valence-electron chi connectivity index (χ2n) is 4.51. The number of carboxylic acids is 1. The van der Waals surface area contributed by atoms with Crippen molar-refractivity contribution in [2.45, 2.75) is 26.3 Å². The third-order valence-electron chi connectivity index (χ3n) is 2.58. The van der Waals surface area contributed by atoms with Crippen LogP contribution in [0.3, 0.4) is 0 Å². The molecule has 3 N–H and O–H groups in total. The van der Waals surface area contributed by atoms with Gasteiger partial charge < -0.3 is 15.7 Å². The first-order valence-corrected chi connectivity index (χ1v) is 5.19. The number of hydrogen-bond acceptors (Lipinski definition) is 3. The predicted octanol–water partition coefficient (Wildman–Crippen LogP) is -0.0972. The monoisotopic (exact) mass is 214 g/mol. The molecule has 0 bridgehead atoms. The molecule has 0 aromatic heterocycles. The van der Waals surface area contributed by atoms with Crippen molar-refractivity contribution in [3.63, 3.8) is 0 Å². The Balaban J connectivity index is 2.34. The number of nitrogens with zero attached hydrogens (tertiary/aromatic N) is 1. The van der Waals surface area contributed by atoms with Crippen LogP contribution in [-0.2, 0) is 9.59 Å². The van der Waals surface area contributed by atoms with Crippen LogP contribution in [0.5, 0.6) is 0 Å². The van der Waals surface area contributed by atoms with Gasteiger partial charge in [0.15, 0.2) is 0 Å². The lowest BCUT2D eigenvalue weighted by molar-refractivity contribution is -0.153. The van der Waals surface area contributed by atoms with Gasteiger partial charge in [-0.3, -0.25) is 9.59 Å². The highest BCUT2D eigenvalue weighted by atomic mass is 16.4. The molecule has 1 unspecified atom stereocenters. The SMILES string of the molecule is CC(C)CC(N)C(=O)N1CC(C(=O)O)C1. The average Bonchev–Trinajstić information content (AvgIpc) is 1.98. The van der Waals surface area contributed by atoms with E-state index in [9.17, 15) is 9.59 Å². The minimum absolute atomic E-state index is 0.124. The van der Waals surface area contributed by atoms with Gasteiger partial charge in [0.05, 0.1) is 12.0 Å². The fourth-order valence-corrected chi connectivity index (χ4v) is 1.66. The minimum Gasteiger partial charge on any atom is -0.481 e. The maximum absolute atomic E-state index is 11.6. The number of rotatable bonds is 4. The molecule has 1 saturated heterocycles. The van der Waals surface area contributed by atoms with E-state index in [0.29, 0.717) is 25.4 Å². The molecular formula is C10H18N2O3. The van der Waals surface area contributed by atoms with Crippen LogP contribution in [-0.4, -0.2) is 41.0 Å². The van der Waals surface area contributed by atoms with Crippen LogP contribution >= 0.6 is 0 Å². The van der Waals surface area contributed by atoms with Gasteiger partial charge in [-0.25, -0.2) is 0 Å². The summed E-state index contributed by atoms with van der Waals surface area (Å²) in [5.41, 5.74) is 5.71. The van der Waals surface area contributed by atoms with Crippen LogP contribution in [0.15, 0.2) is 0 Å². The molecule has 86 valence electrons. The van der Waals surface area contributed by atoms with Crippen molar-refractivity contribution in [1.82, 2.24) is 4.90 Å². The number of likely N-dealkylation sites (tertiary alicyclic amines) is 1. The van der Waals surface area contributed by atoms with E-state index in [1.807, 2.05) is 13.8 Å². The van der Waals surface area contributed by atoms with Crippen LogP contribution in [0.2, 0.25) is 0 Å². The lowest BCUT2D eigenvalue weighted by Crippen LogP contribution is -2.57. The fraction of sp³-hybridized carbons (Fsp3) is 0.800. The number of amides is 1. The predicted molar refractivity (Wildman–Crippen MR) is 55.1 cm³/mol. The molecule has 1 amide bonds. The Morgan fingerprint density at radius 3 is 2.40 bits per heavy atom. The Kier molecular flexibility index (Phi) is 3.68. The van der Waals surface area contributed by atoms with E-state index in [2.05, 4.69) is 0 Å². The molecule has 1 rings (SSSR count). The zero-order valence-corrected chi connectivity index (χ0v) is 9.14. The second-order valence-corrected chi connectivity index (χ2v) is 4.51. The first kappa shape index (κ1) is 12.0. The topological polar surface area (TPSA) is 83.6 Å². The standard InChI is InChI=1S/C10H18N2O3/c1-6(2)3-8(11)9(13)12-4-7(5-12)10(14)15/h6-8H,3-5,11H2,1-2H3,(H,14,15). The Morgan fingerprint density at radius 1 is 1.47 bits per heavy atom. The Morgan fingerprint density at radius 2 is 2.00 bits per heavy atom. The molecule has 1 heterocycles. The van der Waals surface area contributed by atoms with Gasteiger partial charge in [-0.05, 0) is 12.3 Å². The third kappa shape index (κ3) is 2.92. The molecule has 1 fully saturated rings. The molecule has 0 aliphatic carbocycles. The number of nitrogens with two attached hydrogens (primary N) is 1. The van der Waals surface area contributed by atoms with Crippen LogP contribution < -0.4 is 5.73 Å². The summed E-state index contributed by atoms with van der Waals surface area (Å²) in [5.74, 6) is -0.988. The second kappa shape index (κ2) is 4.61. The van der Waals surface area contributed by atoms with Gasteiger partial charge in [0.2, 0.25) is 5.91 Å². The lowest BCUT2D eigenvalue weighted by Gasteiger charge is -2.38. The minimum atomic E-state index is -0.837. The maximum atomic E-state index is 11.6. The molecule has 1 aliphatic rings. The normalized spacial score (nSPS) is 18.8. The van der Waals surface area contributed by atoms with Gasteiger partial charge in [0.25, 0.3) is 0 Å². The zero-order valence-electron chi connectivity index (χ0n) is 9.14. The molecule has 0 saturated carbocycles. The van der Waals surface area contributed by atoms with E-state index in [4.69, 9.17) is 10.8 Å². The number of hydrogen-bond donors (Lipinski definition) is 2. The molecule has 5 nitrogen and oxygen atoms in total. The van der Waals surface area contributed by atoms with Gasteiger partial charge in [-0.2, -0.15) is 0 Å². The van der Waals surface area contributed by atoms with Crippen molar-refractivity contribution in [3.8, 4) is 0 Å². The molecule has 1 aliphatic heterocycles. The van der Waals surface area contributed by atoms with E-state index < -0.39 is 17.9 Å². The van der Waals surface area contributed by atoms with E-state index >= 15 is 0 Å². The van der Waals surface area contributed by atoms with Gasteiger partial charge >= 0.3 is 5.97 Å². The molecule has 5 heteroatoms. The van der Waals surface area contributed by atoms with Crippen molar-refractivity contribution in [2.24, 2.45) is 17.6 Å². The Labute approximate surface area is 89.2 Å². The summed E-state index contributed by atoms with van der Waals surface area (Å²) in [4.78, 5) is 23.7. The molecule has 0 radical (unpaired) electrons. The van der Waals surface area contributed by atoms with Crippen LogP contribution in [0, 0.1) is 11.8 Å². The van der Waals surface area contributed by atoms with Gasteiger partial charge in [0, 0.05) is 13.1 Å². The Bertz CT molecular complexity index is 259. The Hall–Kier alpha value is -1.10. The summed E-state index contributed by atoms with van der Waals surface area (Å²) in [6, 6.07) is -0.486. The van der Waals surface area contributed by atoms with Crippen molar-refractivity contribution >= 4 is 11.9 Å². The van der Waals surface area contributed by atoms with Crippen molar-refractivity contribution in [3.05, 3.63) is 0 Å². The summed E-state index contributed by atoms with van der Waals surface area (Å²) >= 11 is 0. The molecular weight excluding hydrogens is 196 g/mol. The molecule has 0 aromatic rings. The quantitative estimate of drug-likeness (QED) is 0.684. The summed E-state index contributed by atoms with van der Waals surface area (Å²) in [6.07, 6.45) is 0.646. The van der Waals surface area contributed by atoms with Crippen molar-refractivity contribution in [1.29, 1.82) is 0 Å². The third-order valence-corrected chi connectivity index (χ3v) is 2.58. The molecule has 1 atom stereocenters.